The highest BCUT2D eigenvalue weighted by Crippen LogP contribution is 2.41. The second kappa shape index (κ2) is 31.3. The number of rotatable bonds is 24. The SMILES string of the molecule is COc1ccc(COC[C@H]2O[C@@H](OC)[C@H](OCc3ccccc3)[C@@H](OCc3ccccc3)[C@@H]2O[C@@H]2O[C@@H]3COC(c4ccccc4)O[C@H]3[C@H](O[C@@H]3O[C@H](COC(C)=O)[C@@H](OC(C)=O)[C@H](OC(C)=O)[C@H]3OC(C)=O)[C@H]2NC(=O)OCC(Cl)(Cl)Cl)cc1. The van der Waals surface area contributed by atoms with E-state index < -0.39 is 145 Å². The number of methoxy groups -OCH3 is 2. The molecule has 0 radical (unpaired) electrons. The zero-order valence-electron chi connectivity index (χ0n) is 47.3. The molecule has 4 saturated heterocycles. The number of carbonyl (C=O) groups excluding carboxylic acids is 5. The Morgan fingerprint density at radius 1 is 0.541 bits per heavy atom. The second-order valence-corrected chi connectivity index (χ2v) is 22.5. The van der Waals surface area contributed by atoms with Gasteiger partial charge in [-0.2, -0.15) is 0 Å². The van der Waals surface area contributed by atoms with E-state index in [0.29, 0.717) is 11.3 Å². The van der Waals surface area contributed by atoms with Crippen LogP contribution in [0.2, 0.25) is 0 Å². The number of hydrogen-bond donors (Lipinski definition) is 1. The van der Waals surface area contributed by atoms with Crippen molar-refractivity contribution in [3.05, 3.63) is 138 Å². The Morgan fingerprint density at radius 2 is 1.09 bits per heavy atom. The van der Waals surface area contributed by atoms with Crippen LogP contribution in [0.5, 0.6) is 5.75 Å². The van der Waals surface area contributed by atoms with E-state index in [1.54, 1.807) is 49.6 Å². The third-order valence-corrected chi connectivity index (χ3v) is 14.0. The minimum absolute atomic E-state index is 0.0187. The molecule has 0 aromatic heterocycles. The number of nitrogens with one attached hydrogen (secondary N) is 1. The number of halogens is 3. The molecule has 85 heavy (non-hydrogen) atoms. The maximum Gasteiger partial charge on any atom is 0.407 e. The molecule has 4 aliphatic heterocycles. The molecular weight excluding hydrogens is 1180 g/mol. The average Bonchev–Trinajstić information content (AvgIpc) is 1.40. The van der Waals surface area contributed by atoms with Crippen molar-refractivity contribution in [3.63, 3.8) is 0 Å². The first kappa shape index (κ1) is 65.2. The van der Waals surface area contributed by atoms with E-state index in [0.717, 1.165) is 44.4 Å². The van der Waals surface area contributed by atoms with Crippen LogP contribution in [0.4, 0.5) is 4.79 Å². The number of esters is 4. The Labute approximate surface area is 506 Å². The topological polar surface area (TPSA) is 254 Å². The van der Waals surface area contributed by atoms with Gasteiger partial charge >= 0.3 is 30.0 Å². The van der Waals surface area contributed by atoms with Gasteiger partial charge in [0.15, 0.2) is 43.5 Å². The number of alkyl carbamates (subject to hydrolysis) is 1. The molecule has 26 heteroatoms. The van der Waals surface area contributed by atoms with Crippen LogP contribution in [0, 0.1) is 0 Å². The van der Waals surface area contributed by atoms with E-state index in [9.17, 15) is 24.0 Å². The molecule has 0 aliphatic carbocycles. The Hall–Kier alpha value is -5.74. The van der Waals surface area contributed by atoms with Gasteiger partial charge in [-0.25, -0.2) is 4.79 Å². The number of carbonyl (C=O) groups is 5. The number of benzene rings is 4. The van der Waals surface area contributed by atoms with E-state index >= 15 is 0 Å². The summed E-state index contributed by atoms with van der Waals surface area (Å²) in [5.74, 6) is -2.79. The predicted octanol–water partition coefficient (Wildman–Crippen LogP) is 6.91. The molecule has 4 aromatic rings. The van der Waals surface area contributed by atoms with Crippen LogP contribution in [0.3, 0.4) is 0 Å². The van der Waals surface area contributed by atoms with Crippen molar-refractivity contribution in [1.82, 2.24) is 5.32 Å². The Balaban J connectivity index is 1.25. The maximum absolute atomic E-state index is 14.4. The molecule has 1 unspecified atom stereocenters. The third kappa shape index (κ3) is 18.6. The monoisotopic (exact) mass is 1250 g/mol. The van der Waals surface area contributed by atoms with Crippen molar-refractivity contribution in [2.75, 3.05) is 40.6 Å². The van der Waals surface area contributed by atoms with Crippen molar-refractivity contribution < 1.29 is 104 Å². The molecule has 0 saturated carbocycles. The maximum atomic E-state index is 14.4. The van der Waals surface area contributed by atoms with Crippen LogP contribution in [0.15, 0.2) is 115 Å². The molecule has 23 nitrogen and oxygen atoms in total. The summed E-state index contributed by atoms with van der Waals surface area (Å²) in [7, 11) is 3.03. The number of amides is 1. The van der Waals surface area contributed by atoms with Gasteiger partial charge in [0.25, 0.3) is 0 Å². The third-order valence-electron chi connectivity index (χ3n) is 13.7. The molecule has 1 N–H and O–H groups in total. The minimum atomic E-state index is -2.09. The Kier molecular flexibility index (Phi) is 24.0. The second-order valence-electron chi connectivity index (χ2n) is 20.0. The van der Waals surface area contributed by atoms with Gasteiger partial charge in [-0.05, 0) is 28.8 Å². The van der Waals surface area contributed by atoms with E-state index in [-0.39, 0.29) is 33.0 Å². The van der Waals surface area contributed by atoms with Crippen molar-refractivity contribution in [2.45, 2.75) is 150 Å². The molecule has 4 aromatic carbocycles. The average molecular weight is 1250 g/mol. The number of ether oxygens (including phenoxy) is 17. The fraction of sp³-hybridized carbons (Fsp3) is 0.508. The molecule has 0 spiro atoms. The van der Waals surface area contributed by atoms with Gasteiger partial charge in [0.2, 0.25) is 3.79 Å². The van der Waals surface area contributed by atoms with Crippen LogP contribution in [-0.4, -0.2) is 166 Å². The molecule has 4 aliphatic rings. The van der Waals surface area contributed by atoms with Crippen LogP contribution in [0.25, 0.3) is 0 Å². The highest BCUT2D eigenvalue weighted by atomic mass is 35.6. The van der Waals surface area contributed by atoms with Crippen molar-refractivity contribution in [2.24, 2.45) is 0 Å². The highest BCUT2D eigenvalue weighted by Gasteiger charge is 2.59. The van der Waals surface area contributed by atoms with Gasteiger partial charge in [0, 0.05) is 40.4 Å². The predicted molar refractivity (Wildman–Crippen MR) is 297 cm³/mol. The summed E-state index contributed by atoms with van der Waals surface area (Å²) in [5, 5.41) is 2.78. The zero-order chi connectivity index (χ0) is 60.6. The smallest absolute Gasteiger partial charge is 0.407 e. The van der Waals surface area contributed by atoms with Crippen LogP contribution >= 0.6 is 34.8 Å². The minimum Gasteiger partial charge on any atom is -0.497 e. The zero-order valence-corrected chi connectivity index (χ0v) is 49.5. The molecule has 4 fully saturated rings. The van der Waals surface area contributed by atoms with E-state index in [2.05, 4.69) is 5.32 Å². The molecule has 8 rings (SSSR count). The van der Waals surface area contributed by atoms with Gasteiger partial charge in [0.05, 0.1) is 40.1 Å². The van der Waals surface area contributed by atoms with Crippen molar-refractivity contribution in [1.29, 1.82) is 0 Å². The molecule has 1 amide bonds. The van der Waals surface area contributed by atoms with E-state index in [1.807, 2.05) is 72.8 Å². The van der Waals surface area contributed by atoms with Gasteiger partial charge in [-0.15, -0.1) is 0 Å². The highest BCUT2D eigenvalue weighted by molar-refractivity contribution is 6.67. The van der Waals surface area contributed by atoms with Crippen molar-refractivity contribution >= 4 is 64.8 Å². The normalized spacial score (nSPS) is 29.3. The molecule has 16 atom stereocenters. The molecule has 0 bridgehead atoms. The van der Waals surface area contributed by atoms with Crippen LogP contribution < -0.4 is 10.1 Å². The molecular formula is C59H68Cl3NO22. The van der Waals surface area contributed by atoms with Crippen LogP contribution in [0.1, 0.15) is 56.2 Å². The number of fused-ring (bicyclic) bond motifs is 1. The first-order chi connectivity index (χ1) is 40.9. The Morgan fingerprint density at radius 3 is 1.68 bits per heavy atom. The summed E-state index contributed by atoms with van der Waals surface area (Å²) in [4.78, 5) is 65.6. The van der Waals surface area contributed by atoms with Gasteiger partial charge in [-0.1, -0.05) is 138 Å². The summed E-state index contributed by atoms with van der Waals surface area (Å²) in [6.45, 7) is 2.84. The Bertz CT molecular complexity index is 2770. The first-order valence-corrected chi connectivity index (χ1v) is 28.3. The quantitative estimate of drug-likeness (QED) is 0.0425. The fourth-order valence-electron chi connectivity index (χ4n) is 10.00. The summed E-state index contributed by atoms with van der Waals surface area (Å²) in [5.41, 5.74) is 2.97. The summed E-state index contributed by atoms with van der Waals surface area (Å²) < 4.78 is 105. The lowest BCUT2D eigenvalue weighted by Gasteiger charge is -2.53. The first-order valence-electron chi connectivity index (χ1n) is 27.1. The van der Waals surface area contributed by atoms with Gasteiger partial charge in [0.1, 0.15) is 73.8 Å². The molecule has 4 heterocycles. The number of hydrogen-bond acceptors (Lipinski definition) is 22. The lowest BCUT2D eigenvalue weighted by Crippen LogP contribution is -2.71. The summed E-state index contributed by atoms with van der Waals surface area (Å²) in [6, 6.07) is 33.3. The van der Waals surface area contributed by atoms with Gasteiger partial charge < -0.3 is 85.8 Å². The summed E-state index contributed by atoms with van der Waals surface area (Å²) in [6.07, 6.45) is -21.9. The summed E-state index contributed by atoms with van der Waals surface area (Å²) >= 11 is 18.3. The molecule has 462 valence electrons. The standard InChI is InChI=1S/C59H68Cl3NO22/c1-33(64)72-30-43-48(77-34(2)65)51(78-35(3)66)53(79-36(4)67)57(82-43)85-49-45(63-58(68)76-32-59(60,61)62)55(80-44-31-75-54(83-46(44)49)40-20-14-9-15-21-40)84-47-42(29-71-26-39-22-24-41(69-5)25-23-39)81-56(70-6)52(74-28-38-18-12-8-13-19-38)50(47)73-27-37-16-10-7-11-17-37/h7-25,42-57H,26-32H2,1-6H3,(H,63,68)/t42-,43-,44-,45-,46-,47-,48-,49-,50+,51+,52-,53-,54?,55+,56-,57+/m1/s1. The number of alkyl halides is 3. The lowest BCUT2D eigenvalue weighted by molar-refractivity contribution is -0.394. The van der Waals surface area contributed by atoms with E-state index in [1.165, 1.54) is 7.11 Å². The van der Waals surface area contributed by atoms with Crippen molar-refractivity contribution in [3.8, 4) is 5.75 Å². The largest absolute Gasteiger partial charge is 0.497 e. The van der Waals surface area contributed by atoms with Gasteiger partial charge in [-0.3, -0.25) is 19.2 Å². The lowest BCUT2D eigenvalue weighted by atomic mass is 9.93. The fourth-order valence-corrected chi connectivity index (χ4v) is 10.2. The van der Waals surface area contributed by atoms with E-state index in [4.69, 9.17) is 115 Å². The van der Waals surface area contributed by atoms with Crippen LogP contribution in [-0.2, 0) is 115 Å².